The predicted molar refractivity (Wildman–Crippen MR) is 61.9 cm³/mol. The maximum Gasteiger partial charge on any atom is 0.252 e. The molecule has 1 amide bonds. The molecule has 0 spiro atoms. The quantitative estimate of drug-likeness (QED) is 0.653. The Balaban J connectivity index is 2.53. The Kier molecular flexibility index (Phi) is 4.74. The van der Waals surface area contributed by atoms with Gasteiger partial charge in [0.05, 0.1) is 0 Å². The summed E-state index contributed by atoms with van der Waals surface area (Å²) in [6, 6.07) is -0.0536. The van der Waals surface area contributed by atoms with Crippen LogP contribution in [-0.2, 0) is 4.79 Å². The molecule has 0 saturated heterocycles. The Labute approximate surface area is 97.0 Å². The SMILES string of the molecule is CC(C)C(CCO)NC(=O)C1(O)CCCC1. The minimum atomic E-state index is -1.16. The predicted octanol–water partition coefficient (Wildman–Crippen LogP) is 0.815. The van der Waals surface area contributed by atoms with Gasteiger partial charge in [-0.15, -0.1) is 0 Å². The number of carbonyl (C=O) groups is 1. The molecule has 16 heavy (non-hydrogen) atoms. The van der Waals surface area contributed by atoms with Crippen molar-refractivity contribution in [1.82, 2.24) is 5.32 Å². The number of hydrogen-bond acceptors (Lipinski definition) is 3. The third-order valence-corrected chi connectivity index (χ3v) is 3.41. The van der Waals surface area contributed by atoms with Crippen LogP contribution in [0.1, 0.15) is 46.0 Å². The van der Waals surface area contributed by atoms with E-state index >= 15 is 0 Å². The molecule has 1 unspecified atom stereocenters. The number of hydrogen-bond donors (Lipinski definition) is 3. The summed E-state index contributed by atoms with van der Waals surface area (Å²) in [5.74, 6) is -0.00162. The maximum absolute atomic E-state index is 11.9. The first-order chi connectivity index (χ1) is 7.49. The van der Waals surface area contributed by atoms with Crippen molar-refractivity contribution in [3.8, 4) is 0 Å². The van der Waals surface area contributed by atoms with Crippen LogP contribution < -0.4 is 5.32 Å². The van der Waals surface area contributed by atoms with Gasteiger partial charge in [-0.2, -0.15) is 0 Å². The van der Waals surface area contributed by atoms with Crippen LogP contribution in [0.25, 0.3) is 0 Å². The second-order valence-corrected chi connectivity index (χ2v) is 5.07. The Bertz CT molecular complexity index is 234. The molecule has 4 nitrogen and oxygen atoms in total. The van der Waals surface area contributed by atoms with Crippen LogP contribution in [0.5, 0.6) is 0 Å². The molecule has 1 atom stereocenters. The molecule has 1 fully saturated rings. The molecule has 1 saturated carbocycles. The molecule has 4 heteroatoms. The van der Waals surface area contributed by atoms with Crippen LogP contribution in [-0.4, -0.2) is 34.4 Å². The summed E-state index contributed by atoms with van der Waals surface area (Å²) in [6.45, 7) is 4.06. The van der Waals surface area contributed by atoms with Crippen molar-refractivity contribution in [2.24, 2.45) is 5.92 Å². The van der Waals surface area contributed by atoms with Gasteiger partial charge in [-0.1, -0.05) is 13.8 Å². The Hall–Kier alpha value is -0.610. The highest BCUT2D eigenvalue weighted by atomic mass is 16.3. The van der Waals surface area contributed by atoms with E-state index in [4.69, 9.17) is 5.11 Å². The van der Waals surface area contributed by atoms with Gasteiger partial charge in [-0.3, -0.25) is 4.79 Å². The number of rotatable bonds is 5. The molecule has 0 radical (unpaired) electrons. The van der Waals surface area contributed by atoms with Gasteiger partial charge < -0.3 is 15.5 Å². The van der Waals surface area contributed by atoms with Crippen molar-refractivity contribution < 1.29 is 15.0 Å². The minimum Gasteiger partial charge on any atom is -0.396 e. The number of carbonyl (C=O) groups excluding carboxylic acids is 1. The number of aliphatic hydroxyl groups is 2. The summed E-state index contributed by atoms with van der Waals surface area (Å²) in [5, 5.41) is 21.8. The molecule has 1 aliphatic rings. The van der Waals surface area contributed by atoms with E-state index in [1.807, 2.05) is 13.8 Å². The molecule has 1 rings (SSSR count). The topological polar surface area (TPSA) is 69.6 Å². The average Bonchev–Trinajstić information content (AvgIpc) is 2.65. The van der Waals surface area contributed by atoms with Gasteiger partial charge in [0.1, 0.15) is 5.60 Å². The number of nitrogens with one attached hydrogen (secondary N) is 1. The summed E-state index contributed by atoms with van der Waals surface area (Å²) < 4.78 is 0. The first-order valence-corrected chi connectivity index (χ1v) is 6.14. The molecule has 0 aromatic carbocycles. The summed E-state index contributed by atoms with van der Waals surface area (Å²) in [7, 11) is 0. The lowest BCUT2D eigenvalue weighted by molar-refractivity contribution is -0.140. The van der Waals surface area contributed by atoms with Crippen LogP contribution in [0, 0.1) is 5.92 Å². The molecular weight excluding hydrogens is 206 g/mol. The van der Waals surface area contributed by atoms with E-state index in [1.165, 1.54) is 0 Å². The molecule has 0 heterocycles. The largest absolute Gasteiger partial charge is 0.396 e. The van der Waals surface area contributed by atoms with E-state index in [1.54, 1.807) is 0 Å². The van der Waals surface area contributed by atoms with Gasteiger partial charge in [0.25, 0.3) is 5.91 Å². The molecule has 0 aromatic heterocycles. The van der Waals surface area contributed by atoms with Crippen molar-refractivity contribution in [2.75, 3.05) is 6.61 Å². The lowest BCUT2D eigenvalue weighted by atomic mass is 9.97. The van der Waals surface area contributed by atoms with Crippen molar-refractivity contribution in [3.63, 3.8) is 0 Å². The van der Waals surface area contributed by atoms with E-state index in [2.05, 4.69) is 5.32 Å². The summed E-state index contributed by atoms with van der Waals surface area (Å²) in [5.41, 5.74) is -1.16. The summed E-state index contributed by atoms with van der Waals surface area (Å²) >= 11 is 0. The zero-order valence-electron chi connectivity index (χ0n) is 10.2. The Morgan fingerprint density at radius 1 is 1.38 bits per heavy atom. The highest BCUT2D eigenvalue weighted by Gasteiger charge is 2.39. The fourth-order valence-electron chi connectivity index (χ4n) is 2.20. The van der Waals surface area contributed by atoms with Gasteiger partial charge in [0.15, 0.2) is 0 Å². The lowest BCUT2D eigenvalue weighted by Gasteiger charge is -2.27. The molecule has 94 valence electrons. The van der Waals surface area contributed by atoms with E-state index in [0.717, 1.165) is 12.8 Å². The first kappa shape index (κ1) is 13.5. The zero-order chi connectivity index (χ0) is 12.2. The van der Waals surface area contributed by atoms with Crippen LogP contribution in [0.15, 0.2) is 0 Å². The number of aliphatic hydroxyl groups excluding tert-OH is 1. The highest BCUT2D eigenvalue weighted by Crippen LogP contribution is 2.29. The second kappa shape index (κ2) is 5.64. The van der Waals surface area contributed by atoms with E-state index in [9.17, 15) is 9.90 Å². The standard InChI is InChI=1S/C12H23NO3/c1-9(2)10(5-8-14)13-11(15)12(16)6-3-4-7-12/h9-10,14,16H,3-8H2,1-2H3,(H,13,15). The average molecular weight is 229 g/mol. The van der Waals surface area contributed by atoms with Crippen LogP contribution in [0.2, 0.25) is 0 Å². The fraction of sp³-hybridized carbons (Fsp3) is 0.917. The Morgan fingerprint density at radius 2 is 1.94 bits per heavy atom. The molecule has 1 aliphatic carbocycles. The molecule has 3 N–H and O–H groups in total. The smallest absolute Gasteiger partial charge is 0.252 e. The van der Waals surface area contributed by atoms with Crippen molar-refractivity contribution in [3.05, 3.63) is 0 Å². The van der Waals surface area contributed by atoms with Crippen molar-refractivity contribution in [1.29, 1.82) is 0 Å². The van der Waals surface area contributed by atoms with Gasteiger partial charge in [-0.05, 0) is 38.0 Å². The van der Waals surface area contributed by atoms with Gasteiger partial charge in [0, 0.05) is 12.6 Å². The molecule has 0 aliphatic heterocycles. The maximum atomic E-state index is 11.9. The highest BCUT2D eigenvalue weighted by molar-refractivity contribution is 5.85. The Morgan fingerprint density at radius 3 is 2.38 bits per heavy atom. The first-order valence-electron chi connectivity index (χ1n) is 6.14. The van der Waals surface area contributed by atoms with Crippen molar-refractivity contribution >= 4 is 5.91 Å². The minimum absolute atomic E-state index is 0.0536. The molecular formula is C12H23NO3. The van der Waals surface area contributed by atoms with E-state index in [0.29, 0.717) is 19.3 Å². The number of amides is 1. The second-order valence-electron chi connectivity index (χ2n) is 5.07. The summed E-state index contributed by atoms with van der Waals surface area (Å²) in [6.07, 6.45) is 3.48. The van der Waals surface area contributed by atoms with E-state index < -0.39 is 5.60 Å². The normalized spacial score (nSPS) is 21.1. The third kappa shape index (κ3) is 3.19. The van der Waals surface area contributed by atoms with E-state index in [-0.39, 0.29) is 24.5 Å². The van der Waals surface area contributed by atoms with Crippen LogP contribution in [0.4, 0.5) is 0 Å². The zero-order valence-corrected chi connectivity index (χ0v) is 10.2. The van der Waals surface area contributed by atoms with Gasteiger partial charge >= 0.3 is 0 Å². The molecule has 0 bridgehead atoms. The lowest BCUT2D eigenvalue weighted by Crippen LogP contribution is -2.50. The van der Waals surface area contributed by atoms with Crippen molar-refractivity contribution in [2.45, 2.75) is 57.6 Å². The van der Waals surface area contributed by atoms with Gasteiger partial charge in [0.2, 0.25) is 0 Å². The van der Waals surface area contributed by atoms with Crippen LogP contribution >= 0.6 is 0 Å². The monoisotopic (exact) mass is 229 g/mol. The van der Waals surface area contributed by atoms with Gasteiger partial charge in [-0.25, -0.2) is 0 Å². The van der Waals surface area contributed by atoms with Crippen LogP contribution in [0.3, 0.4) is 0 Å². The third-order valence-electron chi connectivity index (χ3n) is 3.41. The fourth-order valence-corrected chi connectivity index (χ4v) is 2.20. The molecule has 0 aromatic rings. The summed E-state index contributed by atoms with van der Waals surface area (Å²) in [4.78, 5) is 11.9.